The van der Waals surface area contributed by atoms with Gasteiger partial charge < -0.3 is 9.64 Å². The first-order chi connectivity index (χ1) is 13.2. The second kappa shape index (κ2) is 9.48. The normalized spacial score (nSPS) is 12.2. The van der Waals surface area contributed by atoms with Gasteiger partial charge in [0.2, 0.25) is 10.0 Å². The van der Waals surface area contributed by atoms with E-state index in [2.05, 4.69) is 4.72 Å². The standard InChI is InChI=1S/C20H24N2O5S/c1-4-22(17-8-6-5-7-9-17)20(24)16(3)27-19(23)14-21-28(25,26)18-12-10-15(2)11-13-18/h5-13,16,21H,4,14H2,1-3H3/t16-/m0/s1. The number of nitrogens with one attached hydrogen (secondary N) is 1. The zero-order valence-corrected chi connectivity index (χ0v) is 16.9. The van der Waals surface area contributed by atoms with Crippen LogP contribution in [-0.2, 0) is 24.3 Å². The second-order valence-electron chi connectivity index (χ2n) is 6.19. The van der Waals surface area contributed by atoms with Gasteiger partial charge in [0.15, 0.2) is 6.10 Å². The number of aryl methyl sites for hydroxylation is 1. The Kier molecular flexibility index (Phi) is 7.31. The van der Waals surface area contributed by atoms with E-state index in [1.165, 1.54) is 24.0 Å². The molecule has 0 aliphatic carbocycles. The van der Waals surface area contributed by atoms with Gasteiger partial charge in [-0.25, -0.2) is 8.42 Å². The molecule has 0 bridgehead atoms. The first kappa shape index (κ1) is 21.6. The molecule has 7 nitrogen and oxygen atoms in total. The molecule has 0 radical (unpaired) electrons. The highest BCUT2D eigenvalue weighted by Gasteiger charge is 2.25. The van der Waals surface area contributed by atoms with Crippen LogP contribution in [0, 0.1) is 6.92 Å². The molecule has 2 aromatic carbocycles. The van der Waals surface area contributed by atoms with E-state index in [4.69, 9.17) is 4.74 Å². The van der Waals surface area contributed by atoms with Crippen molar-refractivity contribution in [2.24, 2.45) is 0 Å². The fourth-order valence-corrected chi connectivity index (χ4v) is 3.51. The predicted molar refractivity (Wildman–Crippen MR) is 106 cm³/mol. The molecule has 1 N–H and O–H groups in total. The Balaban J connectivity index is 1.94. The molecular weight excluding hydrogens is 380 g/mol. The lowest BCUT2D eigenvalue weighted by Gasteiger charge is -2.24. The molecule has 28 heavy (non-hydrogen) atoms. The minimum atomic E-state index is -3.84. The molecule has 1 atom stereocenters. The van der Waals surface area contributed by atoms with Gasteiger partial charge in [0.25, 0.3) is 5.91 Å². The zero-order chi connectivity index (χ0) is 20.7. The molecule has 150 valence electrons. The zero-order valence-electron chi connectivity index (χ0n) is 16.1. The van der Waals surface area contributed by atoms with Gasteiger partial charge in [-0.3, -0.25) is 9.59 Å². The number of ether oxygens (including phenoxy) is 1. The maximum Gasteiger partial charge on any atom is 0.321 e. The third-order valence-corrected chi connectivity index (χ3v) is 5.46. The number of para-hydroxylation sites is 1. The van der Waals surface area contributed by atoms with Gasteiger partial charge in [-0.05, 0) is 45.0 Å². The van der Waals surface area contributed by atoms with E-state index in [0.717, 1.165) is 5.56 Å². The second-order valence-corrected chi connectivity index (χ2v) is 7.95. The van der Waals surface area contributed by atoms with Crippen LogP contribution in [0.25, 0.3) is 0 Å². The molecule has 0 aromatic heterocycles. The number of carbonyl (C=O) groups is 2. The van der Waals surface area contributed by atoms with E-state index in [9.17, 15) is 18.0 Å². The molecule has 8 heteroatoms. The Morgan fingerprint density at radius 1 is 1.07 bits per heavy atom. The van der Waals surface area contributed by atoms with E-state index in [1.54, 1.807) is 24.3 Å². The lowest BCUT2D eigenvalue weighted by Crippen LogP contribution is -2.41. The lowest BCUT2D eigenvalue weighted by atomic mass is 10.2. The topological polar surface area (TPSA) is 92.8 Å². The predicted octanol–water partition coefficient (Wildman–Crippen LogP) is 2.26. The van der Waals surface area contributed by atoms with Crippen LogP contribution in [-0.4, -0.2) is 39.5 Å². The Hall–Kier alpha value is -2.71. The number of rotatable bonds is 8. The van der Waals surface area contributed by atoms with Crippen LogP contribution in [0.15, 0.2) is 59.5 Å². The van der Waals surface area contributed by atoms with Gasteiger partial charge in [-0.1, -0.05) is 35.9 Å². The van der Waals surface area contributed by atoms with Crippen molar-refractivity contribution in [1.82, 2.24) is 4.72 Å². The maximum absolute atomic E-state index is 12.6. The van der Waals surface area contributed by atoms with Crippen molar-refractivity contribution in [2.45, 2.75) is 31.8 Å². The summed E-state index contributed by atoms with van der Waals surface area (Å²) in [6, 6.07) is 15.3. The molecule has 2 rings (SSSR count). The van der Waals surface area contributed by atoms with Crippen LogP contribution in [0.2, 0.25) is 0 Å². The number of nitrogens with zero attached hydrogens (tertiary/aromatic N) is 1. The van der Waals surface area contributed by atoms with Crippen molar-refractivity contribution >= 4 is 27.6 Å². The molecule has 0 aliphatic heterocycles. The molecule has 0 fully saturated rings. The highest BCUT2D eigenvalue weighted by atomic mass is 32.2. The smallest absolute Gasteiger partial charge is 0.321 e. The Morgan fingerprint density at radius 3 is 2.25 bits per heavy atom. The average molecular weight is 404 g/mol. The van der Waals surface area contributed by atoms with Crippen molar-refractivity contribution in [3.63, 3.8) is 0 Å². The van der Waals surface area contributed by atoms with E-state index in [1.807, 2.05) is 32.0 Å². The molecule has 0 saturated carbocycles. The van der Waals surface area contributed by atoms with Gasteiger partial charge in [-0.15, -0.1) is 0 Å². The van der Waals surface area contributed by atoms with Crippen molar-refractivity contribution in [3.8, 4) is 0 Å². The van der Waals surface area contributed by atoms with E-state index in [0.29, 0.717) is 12.2 Å². The van der Waals surface area contributed by atoms with E-state index in [-0.39, 0.29) is 10.8 Å². The summed E-state index contributed by atoms with van der Waals surface area (Å²) in [7, 11) is -3.84. The average Bonchev–Trinajstić information content (AvgIpc) is 2.68. The van der Waals surface area contributed by atoms with Crippen LogP contribution < -0.4 is 9.62 Å². The van der Waals surface area contributed by atoms with Crippen molar-refractivity contribution in [1.29, 1.82) is 0 Å². The number of hydrogen-bond donors (Lipinski definition) is 1. The van der Waals surface area contributed by atoms with Crippen LogP contribution in [0.1, 0.15) is 19.4 Å². The summed E-state index contributed by atoms with van der Waals surface area (Å²) in [5, 5.41) is 0. The van der Waals surface area contributed by atoms with Gasteiger partial charge in [-0.2, -0.15) is 4.72 Å². The highest BCUT2D eigenvalue weighted by Crippen LogP contribution is 2.15. The number of carbonyl (C=O) groups excluding carboxylic acids is 2. The molecular formula is C20H24N2O5S. The summed E-state index contributed by atoms with van der Waals surface area (Å²) in [4.78, 5) is 26.1. The molecule has 0 saturated heterocycles. The quantitative estimate of drug-likeness (QED) is 0.681. The first-order valence-electron chi connectivity index (χ1n) is 8.87. The molecule has 0 heterocycles. The van der Waals surface area contributed by atoms with Crippen LogP contribution in [0.4, 0.5) is 5.69 Å². The monoisotopic (exact) mass is 404 g/mol. The molecule has 0 unspecified atom stereocenters. The third-order valence-electron chi connectivity index (χ3n) is 4.04. The van der Waals surface area contributed by atoms with E-state index < -0.39 is 28.6 Å². The van der Waals surface area contributed by atoms with Crippen LogP contribution in [0.5, 0.6) is 0 Å². The number of likely N-dealkylation sites (N-methyl/N-ethyl adjacent to an activating group) is 1. The Labute approximate surface area is 165 Å². The number of amides is 1. The summed E-state index contributed by atoms with van der Waals surface area (Å²) >= 11 is 0. The number of benzene rings is 2. The fraction of sp³-hybridized carbons (Fsp3) is 0.300. The summed E-state index contributed by atoms with van der Waals surface area (Å²) < 4.78 is 31.7. The van der Waals surface area contributed by atoms with Crippen LogP contribution in [0.3, 0.4) is 0 Å². The number of sulfonamides is 1. The number of esters is 1. The molecule has 2 aromatic rings. The first-order valence-corrected chi connectivity index (χ1v) is 10.3. The maximum atomic E-state index is 12.6. The summed E-state index contributed by atoms with van der Waals surface area (Å²) in [6.07, 6.45) is -1.04. The lowest BCUT2D eigenvalue weighted by molar-refractivity contribution is -0.152. The minimum absolute atomic E-state index is 0.0521. The summed E-state index contributed by atoms with van der Waals surface area (Å²) in [5.74, 6) is -1.22. The third kappa shape index (κ3) is 5.64. The Bertz CT molecular complexity index is 911. The molecule has 0 aliphatic rings. The number of anilines is 1. The van der Waals surface area contributed by atoms with Crippen LogP contribution >= 0.6 is 0 Å². The largest absolute Gasteiger partial charge is 0.452 e. The van der Waals surface area contributed by atoms with Gasteiger partial charge in [0, 0.05) is 12.2 Å². The van der Waals surface area contributed by atoms with Crippen molar-refractivity contribution in [2.75, 3.05) is 18.0 Å². The highest BCUT2D eigenvalue weighted by molar-refractivity contribution is 7.89. The summed E-state index contributed by atoms with van der Waals surface area (Å²) in [6.45, 7) is 4.96. The summed E-state index contributed by atoms with van der Waals surface area (Å²) in [5.41, 5.74) is 1.61. The SMILES string of the molecule is CCN(C(=O)[C@H](C)OC(=O)CNS(=O)(=O)c1ccc(C)cc1)c1ccccc1. The Morgan fingerprint density at radius 2 is 1.68 bits per heavy atom. The van der Waals surface area contributed by atoms with Gasteiger partial charge in [0.05, 0.1) is 4.90 Å². The number of hydrogen-bond acceptors (Lipinski definition) is 5. The minimum Gasteiger partial charge on any atom is -0.452 e. The van der Waals surface area contributed by atoms with E-state index >= 15 is 0 Å². The molecule has 0 spiro atoms. The van der Waals surface area contributed by atoms with Crippen molar-refractivity contribution in [3.05, 3.63) is 60.2 Å². The fourth-order valence-electron chi connectivity index (χ4n) is 2.54. The van der Waals surface area contributed by atoms with Gasteiger partial charge in [0.1, 0.15) is 6.54 Å². The van der Waals surface area contributed by atoms with Gasteiger partial charge >= 0.3 is 5.97 Å². The van der Waals surface area contributed by atoms with Crippen molar-refractivity contribution < 1.29 is 22.7 Å². The molecule has 1 amide bonds.